The Morgan fingerprint density at radius 2 is 1.81 bits per heavy atom. The van der Waals surface area contributed by atoms with Crippen LogP contribution >= 0.6 is 43.5 Å². The average molecular weight is 430 g/mol. The van der Waals surface area contributed by atoms with Crippen molar-refractivity contribution in [2.24, 2.45) is 0 Å². The first-order valence-corrected chi connectivity index (χ1v) is 7.82. The summed E-state index contributed by atoms with van der Waals surface area (Å²) >= 11 is 12.9. The van der Waals surface area contributed by atoms with Gasteiger partial charge in [-0.05, 0) is 78.7 Å². The molecule has 0 unspecified atom stereocenters. The standard InChI is InChI=1S/C13H8Br2ClN5/c14-9-3-1-7(5-11(9)17)13-18-19-20-21(13)12-6-8(16)2-4-10(12)15/h1-6H,17H2. The molecule has 1 heterocycles. The Balaban J connectivity index is 2.17. The highest BCUT2D eigenvalue weighted by molar-refractivity contribution is 9.11. The Bertz CT molecular complexity index is 818. The molecule has 0 saturated carbocycles. The average Bonchev–Trinajstić information content (AvgIpc) is 2.93. The molecule has 0 atom stereocenters. The van der Waals surface area contributed by atoms with Crippen LogP contribution in [-0.4, -0.2) is 20.2 Å². The molecule has 3 aromatic rings. The number of rotatable bonds is 2. The van der Waals surface area contributed by atoms with E-state index in [9.17, 15) is 0 Å². The molecule has 0 aliphatic carbocycles. The van der Waals surface area contributed by atoms with Crippen LogP contribution in [0.5, 0.6) is 0 Å². The van der Waals surface area contributed by atoms with Gasteiger partial charge in [-0.15, -0.1) is 5.10 Å². The first-order valence-electron chi connectivity index (χ1n) is 5.85. The fourth-order valence-corrected chi connectivity index (χ4v) is 2.69. The zero-order valence-corrected chi connectivity index (χ0v) is 14.4. The van der Waals surface area contributed by atoms with Crippen LogP contribution in [0.2, 0.25) is 5.02 Å². The first kappa shape index (κ1) is 14.5. The van der Waals surface area contributed by atoms with Crippen molar-refractivity contribution < 1.29 is 0 Å². The number of tetrazole rings is 1. The van der Waals surface area contributed by atoms with Crippen molar-refractivity contribution in [2.45, 2.75) is 0 Å². The number of nitrogens with two attached hydrogens (primary N) is 1. The smallest absolute Gasteiger partial charge is 0.187 e. The Labute approximate surface area is 142 Å². The maximum absolute atomic E-state index is 6.05. The molecule has 0 fully saturated rings. The van der Waals surface area contributed by atoms with E-state index in [2.05, 4.69) is 47.4 Å². The van der Waals surface area contributed by atoms with Gasteiger partial charge in [0, 0.05) is 25.2 Å². The first-order chi connectivity index (χ1) is 10.1. The number of hydrogen-bond donors (Lipinski definition) is 1. The highest BCUT2D eigenvalue weighted by atomic mass is 79.9. The number of aromatic nitrogens is 4. The highest BCUT2D eigenvalue weighted by Gasteiger charge is 2.14. The Morgan fingerprint density at radius 3 is 2.57 bits per heavy atom. The summed E-state index contributed by atoms with van der Waals surface area (Å²) in [5, 5.41) is 12.4. The molecule has 2 aromatic carbocycles. The van der Waals surface area contributed by atoms with Gasteiger partial charge >= 0.3 is 0 Å². The Kier molecular flexibility index (Phi) is 3.97. The molecule has 0 bridgehead atoms. The number of nitrogens with zero attached hydrogens (tertiary/aromatic N) is 4. The summed E-state index contributed by atoms with van der Waals surface area (Å²) in [6.45, 7) is 0. The van der Waals surface area contributed by atoms with E-state index in [1.807, 2.05) is 24.3 Å². The fourth-order valence-electron chi connectivity index (χ4n) is 1.86. The van der Waals surface area contributed by atoms with E-state index in [0.717, 1.165) is 20.2 Å². The summed E-state index contributed by atoms with van der Waals surface area (Å²) < 4.78 is 3.28. The maximum atomic E-state index is 6.05. The van der Waals surface area contributed by atoms with Crippen molar-refractivity contribution in [3.63, 3.8) is 0 Å². The van der Waals surface area contributed by atoms with Crippen molar-refractivity contribution in [1.82, 2.24) is 20.2 Å². The maximum Gasteiger partial charge on any atom is 0.187 e. The summed E-state index contributed by atoms with van der Waals surface area (Å²) in [4.78, 5) is 0. The number of nitrogen functional groups attached to an aromatic ring is 1. The second-order valence-electron chi connectivity index (χ2n) is 4.25. The summed E-state index contributed by atoms with van der Waals surface area (Å²) in [6.07, 6.45) is 0. The Hall–Kier alpha value is -1.44. The van der Waals surface area contributed by atoms with Crippen LogP contribution in [0.1, 0.15) is 0 Å². The molecule has 0 radical (unpaired) electrons. The SMILES string of the molecule is Nc1cc(-c2nnnn2-c2cc(Cl)ccc2Br)ccc1Br. The van der Waals surface area contributed by atoms with Crippen molar-refractivity contribution in [2.75, 3.05) is 5.73 Å². The zero-order chi connectivity index (χ0) is 15.0. The third-order valence-electron chi connectivity index (χ3n) is 2.86. The fraction of sp³-hybridized carbons (Fsp3) is 0. The molecular weight excluding hydrogens is 421 g/mol. The van der Waals surface area contributed by atoms with E-state index in [-0.39, 0.29) is 0 Å². The topological polar surface area (TPSA) is 69.6 Å². The van der Waals surface area contributed by atoms with Crippen LogP contribution < -0.4 is 5.73 Å². The largest absolute Gasteiger partial charge is 0.398 e. The van der Waals surface area contributed by atoms with Gasteiger partial charge < -0.3 is 5.73 Å². The van der Waals surface area contributed by atoms with Gasteiger partial charge in [-0.1, -0.05) is 11.6 Å². The molecule has 5 nitrogen and oxygen atoms in total. The van der Waals surface area contributed by atoms with Crippen LogP contribution in [0.3, 0.4) is 0 Å². The molecule has 0 aliphatic heterocycles. The molecule has 0 saturated heterocycles. The molecule has 106 valence electrons. The van der Waals surface area contributed by atoms with Gasteiger partial charge in [-0.25, -0.2) is 0 Å². The Morgan fingerprint density at radius 1 is 1.05 bits per heavy atom. The minimum atomic E-state index is 0.581. The quantitative estimate of drug-likeness (QED) is 0.623. The normalized spacial score (nSPS) is 10.8. The molecule has 21 heavy (non-hydrogen) atoms. The molecule has 0 amide bonds. The lowest BCUT2D eigenvalue weighted by molar-refractivity contribution is 0.789. The third-order valence-corrected chi connectivity index (χ3v) is 4.49. The minimum absolute atomic E-state index is 0.581. The molecule has 3 rings (SSSR count). The highest BCUT2D eigenvalue weighted by Crippen LogP contribution is 2.30. The second-order valence-corrected chi connectivity index (χ2v) is 6.39. The molecule has 2 N–H and O–H groups in total. The lowest BCUT2D eigenvalue weighted by atomic mass is 10.2. The summed E-state index contributed by atoms with van der Waals surface area (Å²) in [6, 6.07) is 11.0. The van der Waals surface area contributed by atoms with E-state index in [1.54, 1.807) is 16.8 Å². The van der Waals surface area contributed by atoms with E-state index < -0.39 is 0 Å². The third kappa shape index (κ3) is 2.81. The van der Waals surface area contributed by atoms with Crippen molar-refractivity contribution in [3.05, 3.63) is 50.4 Å². The van der Waals surface area contributed by atoms with Gasteiger partial charge in [0.05, 0.1) is 5.69 Å². The van der Waals surface area contributed by atoms with E-state index in [4.69, 9.17) is 17.3 Å². The van der Waals surface area contributed by atoms with Crippen LogP contribution in [0.25, 0.3) is 17.1 Å². The number of halogens is 3. The predicted octanol–water partition coefficient (Wildman–Crippen LogP) is 4.09. The van der Waals surface area contributed by atoms with Gasteiger partial charge in [0.1, 0.15) is 0 Å². The lowest BCUT2D eigenvalue weighted by Crippen LogP contribution is -2.01. The molecule has 8 heteroatoms. The van der Waals surface area contributed by atoms with E-state index >= 15 is 0 Å². The van der Waals surface area contributed by atoms with Crippen molar-refractivity contribution in [3.8, 4) is 17.1 Å². The summed E-state index contributed by atoms with van der Waals surface area (Å²) in [5.41, 5.74) is 8.10. The van der Waals surface area contributed by atoms with Crippen molar-refractivity contribution in [1.29, 1.82) is 0 Å². The number of benzene rings is 2. The molecular formula is C13H8Br2ClN5. The van der Waals surface area contributed by atoms with Gasteiger partial charge in [0.2, 0.25) is 0 Å². The lowest BCUT2D eigenvalue weighted by Gasteiger charge is -2.08. The minimum Gasteiger partial charge on any atom is -0.398 e. The van der Waals surface area contributed by atoms with Crippen LogP contribution in [-0.2, 0) is 0 Å². The zero-order valence-electron chi connectivity index (χ0n) is 10.5. The monoisotopic (exact) mass is 427 g/mol. The predicted molar refractivity (Wildman–Crippen MR) is 89.4 cm³/mol. The van der Waals surface area contributed by atoms with Gasteiger partial charge in [-0.2, -0.15) is 4.68 Å². The molecule has 1 aromatic heterocycles. The summed E-state index contributed by atoms with van der Waals surface area (Å²) in [5.74, 6) is 0.581. The number of hydrogen-bond acceptors (Lipinski definition) is 4. The van der Waals surface area contributed by atoms with Gasteiger partial charge in [0.25, 0.3) is 0 Å². The van der Waals surface area contributed by atoms with E-state index in [0.29, 0.717) is 16.5 Å². The van der Waals surface area contributed by atoms with Crippen LogP contribution in [0, 0.1) is 0 Å². The van der Waals surface area contributed by atoms with Crippen LogP contribution in [0.15, 0.2) is 45.3 Å². The van der Waals surface area contributed by atoms with E-state index in [1.165, 1.54) is 0 Å². The summed E-state index contributed by atoms with van der Waals surface area (Å²) in [7, 11) is 0. The molecule has 0 spiro atoms. The van der Waals surface area contributed by atoms with Gasteiger partial charge in [0.15, 0.2) is 5.82 Å². The van der Waals surface area contributed by atoms with Crippen LogP contribution in [0.4, 0.5) is 5.69 Å². The van der Waals surface area contributed by atoms with Gasteiger partial charge in [-0.3, -0.25) is 0 Å². The molecule has 0 aliphatic rings. The van der Waals surface area contributed by atoms with Crippen molar-refractivity contribution >= 4 is 49.1 Å². The second kappa shape index (κ2) is 5.75. The number of anilines is 1.